The Morgan fingerprint density at radius 2 is 1.91 bits per heavy atom. The van der Waals surface area contributed by atoms with Crippen LogP contribution in [0.25, 0.3) is 6.08 Å². The molecular weight excluding hydrogens is 659 g/mol. The third kappa shape index (κ3) is 8.26. The molecule has 1 unspecified atom stereocenters. The summed E-state index contributed by atoms with van der Waals surface area (Å²) in [6, 6.07) is 5.88. The van der Waals surface area contributed by atoms with Gasteiger partial charge in [0.2, 0.25) is 5.91 Å². The molecule has 228 valence electrons. The molecule has 2 amide bonds. The minimum atomic E-state index is -1.20. The Kier molecular flexibility index (Phi) is 11.5. The number of pyridine rings is 1. The summed E-state index contributed by atoms with van der Waals surface area (Å²) in [6.45, 7) is 0.521. The topological polar surface area (TPSA) is 174 Å². The van der Waals surface area contributed by atoms with E-state index in [0.717, 1.165) is 22.7 Å². The molecule has 2 aliphatic rings. The summed E-state index contributed by atoms with van der Waals surface area (Å²) >= 11 is 16.4. The summed E-state index contributed by atoms with van der Waals surface area (Å²) in [5.41, 5.74) is 6.41. The number of carboxylic acids is 2. The number of aliphatic carboxylic acids is 2. The Morgan fingerprint density at radius 1 is 1.19 bits per heavy atom. The summed E-state index contributed by atoms with van der Waals surface area (Å²) in [6.07, 6.45) is 5.21. The zero-order chi connectivity index (χ0) is 31.3. The van der Waals surface area contributed by atoms with Crippen LogP contribution >= 0.6 is 58.5 Å². The van der Waals surface area contributed by atoms with E-state index in [1.54, 1.807) is 17.0 Å². The number of benzene rings is 1. The monoisotopic (exact) mass is 685 g/mol. The number of thioether (sulfide) groups is 3. The molecule has 0 radical (unpaired) electrons. The van der Waals surface area contributed by atoms with Crippen LogP contribution in [-0.2, 0) is 25.7 Å². The van der Waals surface area contributed by atoms with E-state index in [1.165, 1.54) is 46.6 Å². The second kappa shape index (κ2) is 14.8. The van der Waals surface area contributed by atoms with Crippen molar-refractivity contribution in [3.8, 4) is 0 Å². The molecular formula is C27H27Cl2N4O7S3+. The Hall–Kier alpha value is -2.72. The van der Waals surface area contributed by atoms with Crippen LogP contribution in [0.15, 0.2) is 63.8 Å². The van der Waals surface area contributed by atoms with E-state index in [2.05, 4.69) is 5.32 Å². The van der Waals surface area contributed by atoms with Gasteiger partial charge in [-0.2, -0.15) is 0 Å². The predicted molar refractivity (Wildman–Crippen MR) is 166 cm³/mol. The first kappa shape index (κ1) is 33.2. The molecule has 0 spiro atoms. The van der Waals surface area contributed by atoms with Crippen molar-refractivity contribution in [3.05, 3.63) is 69.6 Å². The molecule has 3 atom stereocenters. The van der Waals surface area contributed by atoms with Gasteiger partial charge in [-0.05, 0) is 29.3 Å². The van der Waals surface area contributed by atoms with Gasteiger partial charge in [0.05, 0.1) is 10.8 Å². The van der Waals surface area contributed by atoms with Crippen LogP contribution in [0.1, 0.15) is 5.56 Å². The quantitative estimate of drug-likeness (QED) is 0.0906. The molecule has 1 aromatic carbocycles. The Labute approximate surface area is 269 Å². The Balaban J connectivity index is 1.34. The van der Waals surface area contributed by atoms with Gasteiger partial charge >= 0.3 is 11.9 Å². The lowest BCUT2D eigenvalue weighted by molar-refractivity contribution is -0.703. The molecule has 0 saturated carbocycles. The van der Waals surface area contributed by atoms with Gasteiger partial charge in [-0.15, -0.1) is 35.3 Å². The van der Waals surface area contributed by atoms with Crippen LogP contribution in [0, 0.1) is 0 Å². The Morgan fingerprint density at radius 3 is 2.56 bits per heavy atom. The number of fused-ring (bicyclic) bond motifs is 1. The van der Waals surface area contributed by atoms with E-state index in [1.807, 2.05) is 12.1 Å². The van der Waals surface area contributed by atoms with Gasteiger partial charge in [0.1, 0.15) is 23.2 Å². The van der Waals surface area contributed by atoms with Gasteiger partial charge in [0, 0.05) is 51.1 Å². The first-order valence-electron chi connectivity index (χ1n) is 12.7. The number of nitrogens with two attached hydrogens (primary N) is 1. The number of rotatable bonds is 13. The van der Waals surface area contributed by atoms with E-state index in [0.29, 0.717) is 34.1 Å². The largest absolute Gasteiger partial charge is 0.478 e. The molecule has 16 heteroatoms. The number of hydrogen-bond acceptors (Lipinski definition) is 9. The van der Waals surface area contributed by atoms with Crippen LogP contribution in [0.5, 0.6) is 0 Å². The van der Waals surface area contributed by atoms with E-state index in [9.17, 15) is 29.4 Å². The highest BCUT2D eigenvalue weighted by Crippen LogP contribution is 2.42. The maximum atomic E-state index is 13.0. The van der Waals surface area contributed by atoms with Crippen molar-refractivity contribution in [2.75, 3.05) is 23.8 Å². The third-order valence-electron chi connectivity index (χ3n) is 6.35. The predicted octanol–water partition coefficient (Wildman–Crippen LogP) is 2.32. The minimum Gasteiger partial charge on any atom is -0.478 e. The number of carbonyl (C=O) groups excluding carboxylic acids is 2. The number of aliphatic hydroxyl groups excluding tert-OH is 1. The van der Waals surface area contributed by atoms with Crippen LogP contribution < -0.4 is 15.6 Å². The fraction of sp³-hybridized carbons (Fsp3) is 0.296. The molecule has 4 rings (SSSR count). The van der Waals surface area contributed by atoms with Gasteiger partial charge in [0.15, 0.2) is 18.9 Å². The zero-order valence-electron chi connectivity index (χ0n) is 22.3. The number of aliphatic hydroxyl groups is 1. The SMILES string of the molecule is NCC(O)C[n+]1ccc(SCC2=C(C(=O)O)N3C(=O)[C@@H](NC(=O)CSc4cc(Cl)c(C=CC(=O)O)cc4Cl)[C@H]3SC2)cc1. The number of nitrogens with zero attached hydrogens (tertiary/aromatic N) is 2. The molecule has 43 heavy (non-hydrogen) atoms. The first-order valence-corrected chi connectivity index (χ1v) is 16.5. The summed E-state index contributed by atoms with van der Waals surface area (Å²) in [5, 5.41) is 31.1. The van der Waals surface area contributed by atoms with Gasteiger partial charge in [-0.1, -0.05) is 23.2 Å². The Bertz CT molecular complexity index is 1490. The summed E-state index contributed by atoms with van der Waals surface area (Å²) < 4.78 is 1.80. The van der Waals surface area contributed by atoms with Crippen LogP contribution in [0.2, 0.25) is 10.0 Å². The lowest BCUT2D eigenvalue weighted by Gasteiger charge is -2.49. The number of hydrogen-bond donors (Lipinski definition) is 5. The summed E-state index contributed by atoms with van der Waals surface area (Å²) in [5.74, 6) is -2.60. The highest BCUT2D eigenvalue weighted by atomic mass is 35.5. The number of aromatic nitrogens is 1. The number of β-lactam (4-membered cyclic amide) rings is 1. The number of nitrogens with one attached hydrogen (secondary N) is 1. The summed E-state index contributed by atoms with van der Waals surface area (Å²) in [4.78, 5) is 51.3. The smallest absolute Gasteiger partial charge is 0.352 e. The van der Waals surface area contributed by atoms with Crippen molar-refractivity contribution in [3.63, 3.8) is 0 Å². The molecule has 1 saturated heterocycles. The van der Waals surface area contributed by atoms with Gasteiger partial charge in [-0.3, -0.25) is 14.5 Å². The van der Waals surface area contributed by atoms with E-state index in [4.69, 9.17) is 34.0 Å². The van der Waals surface area contributed by atoms with Gasteiger partial charge in [0.25, 0.3) is 5.91 Å². The molecule has 1 aromatic heterocycles. The second-order valence-electron chi connectivity index (χ2n) is 9.39. The number of halogens is 2. The average Bonchev–Trinajstić information content (AvgIpc) is 2.98. The maximum Gasteiger partial charge on any atom is 0.352 e. The number of carbonyl (C=O) groups is 4. The molecule has 2 aliphatic heterocycles. The fourth-order valence-electron chi connectivity index (χ4n) is 4.25. The van der Waals surface area contributed by atoms with Crippen molar-refractivity contribution >= 4 is 88.3 Å². The summed E-state index contributed by atoms with van der Waals surface area (Å²) in [7, 11) is 0. The van der Waals surface area contributed by atoms with Crippen molar-refractivity contribution < 1.29 is 39.1 Å². The highest BCUT2D eigenvalue weighted by molar-refractivity contribution is 8.01. The highest BCUT2D eigenvalue weighted by Gasteiger charge is 2.54. The van der Waals surface area contributed by atoms with Crippen molar-refractivity contribution in [2.45, 2.75) is 33.9 Å². The third-order valence-corrected chi connectivity index (χ3v) is 10.6. The molecule has 3 heterocycles. The van der Waals surface area contributed by atoms with E-state index < -0.39 is 41.3 Å². The molecule has 11 nitrogen and oxygen atoms in total. The molecule has 1 fully saturated rings. The normalized spacial score (nSPS) is 18.8. The number of carboxylic acid groups (broad SMARTS) is 2. The second-order valence-corrected chi connectivity index (χ2v) is 13.4. The van der Waals surface area contributed by atoms with E-state index >= 15 is 0 Å². The maximum absolute atomic E-state index is 13.0. The van der Waals surface area contributed by atoms with Crippen LogP contribution in [-0.4, -0.2) is 85.3 Å². The lowest BCUT2D eigenvalue weighted by Crippen LogP contribution is -2.70. The van der Waals surface area contributed by atoms with Crippen molar-refractivity contribution in [1.82, 2.24) is 10.2 Å². The van der Waals surface area contributed by atoms with Crippen molar-refractivity contribution in [1.29, 1.82) is 0 Å². The standard InChI is InChI=1S/C27H26Cl2N4O7S3/c28-18-8-20(19(29)7-14(18)1-2-22(36)37)42-13-21(35)31-23-25(38)33-24(27(39)40)15(12-43-26(23)33)11-41-17-3-5-32(6-4-17)10-16(34)9-30/h1-8,16,23,26,34H,9-13,30H2,(H2-,31,35,36,37,39,40)/p+1/t16?,23-,26-/m1/s1. The van der Waals surface area contributed by atoms with Gasteiger partial charge < -0.3 is 26.4 Å². The van der Waals surface area contributed by atoms with E-state index in [-0.39, 0.29) is 28.0 Å². The zero-order valence-corrected chi connectivity index (χ0v) is 26.3. The molecule has 0 aliphatic carbocycles. The number of amides is 2. The average molecular weight is 687 g/mol. The van der Waals surface area contributed by atoms with Crippen molar-refractivity contribution in [2.24, 2.45) is 5.73 Å². The minimum absolute atomic E-state index is 0.0587. The first-order chi connectivity index (χ1) is 20.5. The lowest BCUT2D eigenvalue weighted by atomic mass is 10.0. The fourth-order valence-corrected chi connectivity index (χ4v) is 8.01. The molecule has 2 aromatic rings. The van der Waals surface area contributed by atoms with Crippen LogP contribution in [0.4, 0.5) is 0 Å². The molecule has 6 N–H and O–H groups in total. The molecule has 0 bridgehead atoms. The van der Waals surface area contributed by atoms with Crippen LogP contribution in [0.3, 0.4) is 0 Å². The van der Waals surface area contributed by atoms with Gasteiger partial charge in [-0.25, -0.2) is 14.2 Å².